The summed E-state index contributed by atoms with van der Waals surface area (Å²) in [5.74, 6) is -0.812. The van der Waals surface area contributed by atoms with E-state index in [1.54, 1.807) is 0 Å². The molecule has 0 radical (unpaired) electrons. The van der Waals surface area contributed by atoms with Crippen molar-refractivity contribution in [2.45, 2.75) is 19.8 Å². The van der Waals surface area contributed by atoms with Gasteiger partial charge < -0.3 is 27.4 Å². The summed E-state index contributed by atoms with van der Waals surface area (Å²) in [5, 5.41) is 0. The lowest BCUT2D eigenvalue weighted by molar-refractivity contribution is -0.878. The molecule has 0 bridgehead atoms. The molecule has 0 aliphatic carbocycles. The molecule has 0 heterocycles. The zero-order valence-electron chi connectivity index (χ0n) is 15.3. The number of hydrogen-bond acceptors (Lipinski definition) is 3. The fourth-order valence-electron chi connectivity index (χ4n) is 1.15. The molecular weight excluding hydrogens is 328 g/mol. The number of unbranched alkanes of at least 4 members (excludes halogenated alkanes) is 1. The third-order valence-corrected chi connectivity index (χ3v) is 2.36. The molecule has 2 N–H and O–H groups in total. The highest BCUT2D eigenvalue weighted by atomic mass is 35.5. The zero-order chi connectivity index (χ0) is 18.7. The molecule has 0 rings (SSSR count). The smallest absolute Gasteiger partial charge is 0.330 e. The number of rotatable bonds is 9. The molecular formula is C18H33ClN2O3. The summed E-state index contributed by atoms with van der Waals surface area (Å²) in [7, 11) is 4.31. The highest BCUT2D eigenvalue weighted by Gasteiger charge is 2.07. The van der Waals surface area contributed by atoms with E-state index in [0.717, 1.165) is 36.5 Å². The van der Waals surface area contributed by atoms with Crippen LogP contribution in [0.5, 0.6) is 0 Å². The van der Waals surface area contributed by atoms with E-state index in [0.29, 0.717) is 6.61 Å². The number of hydrogen-bond donors (Lipinski definition) is 1. The molecule has 0 atom stereocenters. The molecule has 0 aromatic carbocycles. The van der Waals surface area contributed by atoms with E-state index in [-0.39, 0.29) is 18.4 Å². The van der Waals surface area contributed by atoms with E-state index in [4.69, 9.17) is 0 Å². The lowest BCUT2D eigenvalue weighted by Crippen LogP contribution is -3.00. The highest BCUT2D eigenvalue weighted by Crippen LogP contribution is 1.95. The van der Waals surface area contributed by atoms with Gasteiger partial charge in [0.15, 0.2) is 0 Å². The van der Waals surface area contributed by atoms with E-state index in [1.807, 2.05) is 19.1 Å². The Balaban J connectivity index is -0.000000128. The maximum absolute atomic E-state index is 10.3. The molecule has 24 heavy (non-hydrogen) atoms. The summed E-state index contributed by atoms with van der Waals surface area (Å²) >= 11 is 0. The van der Waals surface area contributed by atoms with E-state index < -0.39 is 5.91 Å². The second-order valence-electron chi connectivity index (χ2n) is 5.21. The van der Waals surface area contributed by atoms with Gasteiger partial charge in [0.2, 0.25) is 5.91 Å². The summed E-state index contributed by atoms with van der Waals surface area (Å²) in [6, 6.07) is 0. The number of ether oxygens (including phenoxy) is 1. The molecule has 0 saturated heterocycles. The highest BCUT2D eigenvalue weighted by molar-refractivity contribution is 5.85. The van der Waals surface area contributed by atoms with Crippen molar-refractivity contribution in [2.24, 2.45) is 5.73 Å². The number of carbonyl (C=O) groups excluding carboxylic acids is 2. The van der Waals surface area contributed by atoms with Gasteiger partial charge >= 0.3 is 5.97 Å². The lowest BCUT2D eigenvalue weighted by Gasteiger charge is -2.26. The molecule has 6 heteroatoms. The molecule has 1 amide bonds. The van der Waals surface area contributed by atoms with Crippen molar-refractivity contribution in [1.29, 1.82) is 0 Å². The molecule has 0 aromatic heterocycles. The van der Waals surface area contributed by atoms with Crippen molar-refractivity contribution >= 4 is 11.9 Å². The maximum atomic E-state index is 10.3. The Kier molecular flexibility index (Phi) is 26.5. The fourth-order valence-corrected chi connectivity index (χ4v) is 1.15. The lowest BCUT2D eigenvalue weighted by atomic mass is 10.4. The van der Waals surface area contributed by atoms with Crippen LogP contribution in [0.4, 0.5) is 0 Å². The van der Waals surface area contributed by atoms with Gasteiger partial charge in [-0.1, -0.05) is 39.7 Å². The monoisotopic (exact) mass is 360 g/mol. The van der Waals surface area contributed by atoms with Crippen molar-refractivity contribution in [3.05, 3.63) is 50.6 Å². The molecule has 0 saturated carbocycles. The van der Waals surface area contributed by atoms with Gasteiger partial charge in [0.25, 0.3) is 0 Å². The third-order valence-electron chi connectivity index (χ3n) is 2.36. The van der Waals surface area contributed by atoms with Crippen molar-refractivity contribution in [2.75, 3.05) is 33.8 Å². The van der Waals surface area contributed by atoms with Crippen LogP contribution in [0.3, 0.4) is 0 Å². The number of carbonyl (C=O) groups is 2. The van der Waals surface area contributed by atoms with Crippen LogP contribution in [0.1, 0.15) is 19.8 Å². The first-order valence-electron chi connectivity index (χ1n) is 7.45. The van der Waals surface area contributed by atoms with Crippen LogP contribution in [0.15, 0.2) is 50.6 Å². The van der Waals surface area contributed by atoms with Gasteiger partial charge in [-0.05, 0) is 24.6 Å². The number of primary amides is 1. The molecule has 0 unspecified atom stereocenters. The standard InChI is InChI=1S/C8H16N.C7H12O2.C3H5NO.ClH/c1-5-7-9(3,4)8-6-2;1-3-5-6-9-7(8)4-2;1-2-3(4)5;/h5-6H,1-2,7-8H2,3-4H3;4H,2-3,5-6H2,1H3;2H,1H2,(H2,4,5);1H/q+1;;;/p-1. The first-order chi connectivity index (χ1) is 10.7. The fraction of sp³-hybridized carbons (Fsp3) is 0.444. The van der Waals surface area contributed by atoms with E-state index in [9.17, 15) is 9.59 Å². The molecule has 5 nitrogen and oxygen atoms in total. The average molecular weight is 361 g/mol. The largest absolute Gasteiger partial charge is 1.00 e. The Morgan fingerprint density at radius 1 is 1.04 bits per heavy atom. The van der Waals surface area contributed by atoms with Crippen LogP contribution in [-0.4, -0.2) is 50.2 Å². The van der Waals surface area contributed by atoms with Crippen molar-refractivity contribution < 1.29 is 31.2 Å². The Labute approximate surface area is 153 Å². The van der Waals surface area contributed by atoms with Crippen LogP contribution in [-0.2, 0) is 14.3 Å². The molecule has 0 aromatic rings. The van der Waals surface area contributed by atoms with Gasteiger partial charge in [-0.2, -0.15) is 0 Å². The summed E-state index contributed by atoms with van der Waals surface area (Å²) in [5.41, 5.74) is 4.53. The first kappa shape index (κ1) is 30.1. The van der Waals surface area contributed by atoms with Gasteiger partial charge in [-0.15, -0.1) is 0 Å². The zero-order valence-corrected chi connectivity index (χ0v) is 16.1. The topological polar surface area (TPSA) is 69.4 Å². The summed E-state index contributed by atoms with van der Waals surface area (Å²) in [6.45, 7) is 18.3. The quantitative estimate of drug-likeness (QED) is 0.200. The number of amides is 1. The Morgan fingerprint density at radius 3 is 1.71 bits per heavy atom. The molecule has 0 fully saturated rings. The van der Waals surface area contributed by atoms with Gasteiger partial charge in [0.1, 0.15) is 0 Å². The molecule has 0 aliphatic heterocycles. The first-order valence-corrected chi connectivity index (χ1v) is 7.45. The summed E-state index contributed by atoms with van der Waals surface area (Å²) in [6.07, 6.45) is 8.08. The van der Waals surface area contributed by atoms with E-state index in [2.05, 4.69) is 50.9 Å². The Bertz CT molecular complexity index is 368. The predicted octanol–water partition coefficient (Wildman–Crippen LogP) is -0.388. The van der Waals surface area contributed by atoms with E-state index >= 15 is 0 Å². The minimum Gasteiger partial charge on any atom is -1.00 e. The summed E-state index contributed by atoms with van der Waals surface area (Å²) in [4.78, 5) is 19.8. The number of nitrogens with zero attached hydrogens (tertiary/aromatic N) is 1. The average Bonchev–Trinajstić information content (AvgIpc) is 2.48. The molecule has 140 valence electrons. The van der Waals surface area contributed by atoms with Gasteiger partial charge in [-0.25, -0.2) is 4.79 Å². The van der Waals surface area contributed by atoms with Crippen molar-refractivity contribution in [1.82, 2.24) is 0 Å². The van der Waals surface area contributed by atoms with Gasteiger partial charge in [-0.3, -0.25) is 4.79 Å². The minimum absolute atomic E-state index is 0. The van der Waals surface area contributed by atoms with Crippen LogP contribution in [0, 0.1) is 0 Å². The van der Waals surface area contributed by atoms with Gasteiger partial charge in [0, 0.05) is 6.08 Å². The normalized spacial score (nSPS) is 8.62. The Morgan fingerprint density at radius 2 is 1.46 bits per heavy atom. The number of likely N-dealkylation sites (N-methyl/N-ethyl adjacent to an activating group) is 1. The second kappa shape index (κ2) is 21.1. The van der Waals surface area contributed by atoms with E-state index in [1.165, 1.54) is 6.08 Å². The second-order valence-corrected chi connectivity index (χ2v) is 5.21. The van der Waals surface area contributed by atoms with Crippen LogP contribution in [0.2, 0.25) is 0 Å². The molecule has 0 spiro atoms. The van der Waals surface area contributed by atoms with Crippen LogP contribution in [0.25, 0.3) is 0 Å². The maximum Gasteiger partial charge on any atom is 0.330 e. The van der Waals surface area contributed by atoms with Gasteiger partial charge in [0.05, 0.1) is 33.8 Å². The SMILES string of the molecule is C=CC(=O)OCCCC.C=CC(N)=O.C=CC[N+](C)(C)CC=C.[Cl-]. The number of nitrogens with two attached hydrogens (primary N) is 1. The Hall–Kier alpha value is -1.85. The van der Waals surface area contributed by atoms with Crippen LogP contribution < -0.4 is 18.1 Å². The molecule has 0 aliphatic rings. The number of esters is 1. The van der Waals surface area contributed by atoms with Crippen molar-refractivity contribution in [3.63, 3.8) is 0 Å². The predicted molar refractivity (Wildman–Crippen MR) is 97.7 cm³/mol. The van der Waals surface area contributed by atoms with Crippen molar-refractivity contribution in [3.8, 4) is 0 Å². The van der Waals surface area contributed by atoms with Crippen LogP contribution >= 0.6 is 0 Å². The third kappa shape index (κ3) is 32.2. The number of quaternary nitrogens is 1. The summed E-state index contributed by atoms with van der Waals surface area (Å²) < 4.78 is 5.63. The minimum atomic E-state index is -0.481. The number of halogens is 1.